The summed E-state index contributed by atoms with van der Waals surface area (Å²) in [6, 6.07) is 7.94. The van der Waals surface area contributed by atoms with Crippen LogP contribution in [0.25, 0.3) is 6.08 Å². The zero-order valence-corrected chi connectivity index (χ0v) is 21.8. The van der Waals surface area contributed by atoms with Crippen LogP contribution in [-0.4, -0.2) is 73.4 Å². The first-order chi connectivity index (χ1) is 16.6. The van der Waals surface area contributed by atoms with Gasteiger partial charge in [0.05, 0.1) is 24.7 Å². The molecule has 192 valence electrons. The van der Waals surface area contributed by atoms with Gasteiger partial charge in [0, 0.05) is 6.54 Å². The summed E-state index contributed by atoms with van der Waals surface area (Å²) < 4.78 is 24.0. The number of ether oxygens (including phenoxy) is 4. The minimum absolute atomic E-state index is 0.106. The molecular weight excluding hydrogens is 442 g/mol. The van der Waals surface area contributed by atoms with Crippen LogP contribution in [-0.2, 0) is 14.2 Å². The van der Waals surface area contributed by atoms with Crippen molar-refractivity contribution in [2.24, 2.45) is 5.92 Å². The number of rotatable bonds is 11. The van der Waals surface area contributed by atoms with Gasteiger partial charge in [-0.05, 0) is 77.9 Å². The number of allylic oxidation sites excluding steroid dienone is 2. The van der Waals surface area contributed by atoms with Crippen molar-refractivity contribution in [1.29, 1.82) is 0 Å². The van der Waals surface area contributed by atoms with Crippen LogP contribution < -0.4 is 4.74 Å². The zero-order valence-electron chi connectivity index (χ0n) is 21.8. The molecule has 1 N–H and O–H groups in total. The van der Waals surface area contributed by atoms with Crippen LogP contribution in [0, 0.1) is 5.92 Å². The van der Waals surface area contributed by atoms with Gasteiger partial charge in [0.2, 0.25) is 0 Å². The Bertz CT molecular complexity index is 944. The fourth-order valence-corrected chi connectivity index (χ4v) is 5.26. The standard InChI is InChI=1S/C29H41NO5/c1-20(2)7-14-25-28(4,35-25)27-26(31)24(15-16-29(27)19-33-29)34-21(3)8-9-22-10-12-23(13-11-22)32-18-17-30(5)6/h7-13,24-27,31H,3,14-19H2,1-2,4-6H3/b9-8+/t24-,25-,26-,27-,28+,29?/m1/s1. The Morgan fingerprint density at radius 3 is 2.60 bits per heavy atom. The lowest BCUT2D eigenvalue weighted by molar-refractivity contribution is -0.105. The summed E-state index contributed by atoms with van der Waals surface area (Å²) in [6.07, 6.45) is 7.58. The summed E-state index contributed by atoms with van der Waals surface area (Å²) in [5.74, 6) is 1.28. The second-order valence-corrected chi connectivity index (χ2v) is 10.8. The molecule has 0 radical (unpaired) electrons. The van der Waals surface area contributed by atoms with Crippen LogP contribution in [0.1, 0.15) is 45.6 Å². The predicted molar refractivity (Wildman–Crippen MR) is 138 cm³/mol. The van der Waals surface area contributed by atoms with Crippen LogP contribution >= 0.6 is 0 Å². The first-order valence-electron chi connectivity index (χ1n) is 12.7. The number of hydrogen-bond acceptors (Lipinski definition) is 6. The molecule has 2 aliphatic heterocycles. The molecular formula is C29H41NO5. The fourth-order valence-electron chi connectivity index (χ4n) is 5.26. The first-order valence-corrected chi connectivity index (χ1v) is 12.7. The van der Waals surface area contributed by atoms with Gasteiger partial charge in [-0.25, -0.2) is 0 Å². The Kier molecular flexibility index (Phi) is 7.77. The highest BCUT2D eigenvalue weighted by atomic mass is 16.6. The summed E-state index contributed by atoms with van der Waals surface area (Å²) >= 11 is 0. The number of aliphatic hydroxyl groups excluding tert-OH is 1. The number of benzene rings is 1. The zero-order chi connectivity index (χ0) is 25.2. The van der Waals surface area contributed by atoms with E-state index in [0.29, 0.717) is 19.0 Å². The van der Waals surface area contributed by atoms with Crippen LogP contribution in [0.3, 0.4) is 0 Å². The van der Waals surface area contributed by atoms with E-state index in [1.807, 2.05) is 50.5 Å². The summed E-state index contributed by atoms with van der Waals surface area (Å²) in [7, 11) is 4.05. The van der Waals surface area contributed by atoms with Gasteiger partial charge in [-0.15, -0.1) is 0 Å². The Hall–Kier alpha value is -2.12. The molecule has 1 saturated carbocycles. The number of aliphatic hydroxyl groups is 1. The Balaban J connectivity index is 1.32. The summed E-state index contributed by atoms with van der Waals surface area (Å²) in [5, 5.41) is 11.4. The van der Waals surface area contributed by atoms with Crippen molar-refractivity contribution in [3.8, 4) is 5.75 Å². The van der Waals surface area contributed by atoms with Crippen LogP contribution in [0.2, 0.25) is 0 Å². The van der Waals surface area contributed by atoms with Gasteiger partial charge in [0.25, 0.3) is 0 Å². The van der Waals surface area contributed by atoms with Gasteiger partial charge in [0.1, 0.15) is 35.4 Å². The van der Waals surface area contributed by atoms with E-state index in [1.165, 1.54) is 5.57 Å². The topological polar surface area (TPSA) is 67.0 Å². The highest BCUT2D eigenvalue weighted by Crippen LogP contribution is 2.59. The highest BCUT2D eigenvalue weighted by molar-refractivity contribution is 5.53. The van der Waals surface area contributed by atoms with Crippen molar-refractivity contribution < 1.29 is 24.1 Å². The molecule has 0 aromatic heterocycles. The Morgan fingerprint density at radius 1 is 1.26 bits per heavy atom. The molecule has 3 aliphatic rings. The molecule has 2 heterocycles. The molecule has 1 spiro atoms. The Morgan fingerprint density at radius 2 is 1.97 bits per heavy atom. The molecule has 1 aromatic rings. The number of hydrogen-bond donors (Lipinski definition) is 1. The summed E-state index contributed by atoms with van der Waals surface area (Å²) in [5.41, 5.74) is 1.64. The van der Waals surface area contributed by atoms with Crippen molar-refractivity contribution in [1.82, 2.24) is 4.90 Å². The van der Waals surface area contributed by atoms with Gasteiger partial charge in [-0.2, -0.15) is 0 Å². The summed E-state index contributed by atoms with van der Waals surface area (Å²) in [4.78, 5) is 2.09. The maximum absolute atomic E-state index is 11.4. The van der Waals surface area contributed by atoms with Crippen molar-refractivity contribution in [3.05, 3.63) is 59.9 Å². The van der Waals surface area contributed by atoms with Gasteiger partial charge in [-0.1, -0.05) is 36.4 Å². The van der Waals surface area contributed by atoms with E-state index in [4.69, 9.17) is 18.9 Å². The third-order valence-electron chi connectivity index (χ3n) is 7.44. The molecule has 35 heavy (non-hydrogen) atoms. The largest absolute Gasteiger partial charge is 0.492 e. The molecule has 6 nitrogen and oxygen atoms in total. The molecule has 1 aliphatic carbocycles. The third-order valence-corrected chi connectivity index (χ3v) is 7.44. The molecule has 1 unspecified atom stereocenters. The molecule has 6 heteroatoms. The maximum atomic E-state index is 11.4. The molecule has 4 rings (SSSR count). The van der Waals surface area contributed by atoms with E-state index in [0.717, 1.165) is 37.1 Å². The molecule has 1 aromatic carbocycles. The van der Waals surface area contributed by atoms with E-state index < -0.39 is 11.7 Å². The third kappa shape index (κ3) is 6.18. The number of nitrogens with zero attached hydrogens (tertiary/aromatic N) is 1. The van der Waals surface area contributed by atoms with Crippen molar-refractivity contribution >= 4 is 6.08 Å². The van der Waals surface area contributed by atoms with Crippen LogP contribution in [0.4, 0.5) is 0 Å². The first kappa shape index (κ1) is 26.0. The molecule has 0 bridgehead atoms. The van der Waals surface area contributed by atoms with E-state index in [1.54, 1.807) is 0 Å². The quantitative estimate of drug-likeness (QED) is 0.215. The second-order valence-electron chi connectivity index (χ2n) is 10.8. The SMILES string of the molecule is C=C(/C=C/c1ccc(OCCN(C)C)cc1)O[C@@H]1CCC2(CO2)[C@@H]([C@@]2(C)O[C@@H]2CC=C(C)C)[C@@H]1O. The van der Waals surface area contributed by atoms with E-state index in [-0.39, 0.29) is 23.7 Å². The predicted octanol–water partition coefficient (Wildman–Crippen LogP) is 4.59. The average molecular weight is 484 g/mol. The molecule has 2 saturated heterocycles. The fraction of sp³-hybridized carbons (Fsp3) is 0.586. The van der Waals surface area contributed by atoms with Crippen LogP contribution in [0.5, 0.6) is 5.75 Å². The normalized spacial score (nSPS) is 33.7. The minimum Gasteiger partial charge on any atom is -0.492 e. The average Bonchev–Trinajstić information content (AvgIpc) is 3.71. The van der Waals surface area contributed by atoms with Crippen molar-refractivity contribution in [2.45, 2.75) is 69.5 Å². The van der Waals surface area contributed by atoms with Gasteiger partial charge in [0.15, 0.2) is 0 Å². The smallest absolute Gasteiger partial charge is 0.125 e. The number of epoxide rings is 2. The van der Waals surface area contributed by atoms with Gasteiger partial charge in [-0.3, -0.25) is 0 Å². The molecule has 3 fully saturated rings. The highest BCUT2D eigenvalue weighted by Gasteiger charge is 2.71. The monoisotopic (exact) mass is 483 g/mol. The van der Waals surface area contributed by atoms with E-state index in [9.17, 15) is 5.11 Å². The Labute approximate surface area is 210 Å². The summed E-state index contributed by atoms with van der Waals surface area (Å²) in [6.45, 7) is 12.6. The second kappa shape index (κ2) is 10.5. The van der Waals surface area contributed by atoms with E-state index in [2.05, 4.69) is 38.3 Å². The lowest BCUT2D eigenvalue weighted by Gasteiger charge is -2.41. The maximum Gasteiger partial charge on any atom is 0.125 e. The van der Waals surface area contributed by atoms with Gasteiger partial charge < -0.3 is 29.0 Å². The van der Waals surface area contributed by atoms with Crippen molar-refractivity contribution in [3.63, 3.8) is 0 Å². The van der Waals surface area contributed by atoms with Crippen molar-refractivity contribution in [2.75, 3.05) is 33.9 Å². The van der Waals surface area contributed by atoms with Crippen LogP contribution in [0.15, 0.2) is 54.3 Å². The minimum atomic E-state index is -0.670. The molecule has 0 amide bonds. The lowest BCUT2D eigenvalue weighted by atomic mass is 9.68. The lowest BCUT2D eigenvalue weighted by Crippen LogP contribution is -2.54. The molecule has 6 atom stereocenters. The van der Waals surface area contributed by atoms with Gasteiger partial charge >= 0.3 is 0 Å². The number of likely N-dealkylation sites (N-methyl/N-ethyl adjacent to an activating group) is 1. The van der Waals surface area contributed by atoms with E-state index >= 15 is 0 Å².